The molecular formula is C29H20N4O2. The summed E-state index contributed by atoms with van der Waals surface area (Å²) in [5.74, 6) is 0. The van der Waals surface area contributed by atoms with E-state index in [1.807, 2.05) is 72.8 Å². The molecule has 0 spiro atoms. The van der Waals surface area contributed by atoms with Crippen LogP contribution in [-0.4, -0.2) is 11.0 Å². The summed E-state index contributed by atoms with van der Waals surface area (Å²) >= 11 is 0. The zero-order chi connectivity index (χ0) is 24.2. The van der Waals surface area contributed by atoms with Crippen LogP contribution in [0.3, 0.4) is 0 Å². The monoisotopic (exact) mass is 456 g/mol. The predicted molar refractivity (Wildman–Crippen MR) is 139 cm³/mol. The first-order chi connectivity index (χ1) is 17.1. The number of H-pyrrole nitrogens is 1. The molecule has 5 aromatic rings. The molecule has 0 aliphatic heterocycles. The van der Waals surface area contributed by atoms with Gasteiger partial charge >= 0.3 is 6.03 Å². The Morgan fingerprint density at radius 3 is 2.06 bits per heavy atom. The van der Waals surface area contributed by atoms with Crippen molar-refractivity contribution in [2.45, 2.75) is 0 Å². The summed E-state index contributed by atoms with van der Waals surface area (Å²) in [6, 6.07) is 33.6. The highest BCUT2D eigenvalue weighted by Gasteiger charge is 2.13. The van der Waals surface area contributed by atoms with Gasteiger partial charge in [-0.25, -0.2) is 4.79 Å². The van der Waals surface area contributed by atoms with Crippen molar-refractivity contribution < 1.29 is 4.79 Å². The van der Waals surface area contributed by atoms with Crippen LogP contribution in [-0.2, 0) is 0 Å². The van der Waals surface area contributed by atoms with Gasteiger partial charge in [-0.1, -0.05) is 66.7 Å². The first-order valence-electron chi connectivity index (χ1n) is 11.0. The Morgan fingerprint density at radius 1 is 0.714 bits per heavy atom. The number of hydrogen-bond donors (Lipinski definition) is 3. The number of urea groups is 1. The molecule has 1 heterocycles. The topological polar surface area (TPSA) is 97.8 Å². The number of para-hydroxylation sites is 1. The van der Waals surface area contributed by atoms with E-state index >= 15 is 0 Å². The van der Waals surface area contributed by atoms with Gasteiger partial charge in [0.15, 0.2) is 0 Å². The summed E-state index contributed by atoms with van der Waals surface area (Å²) in [7, 11) is 0. The number of benzene rings is 4. The van der Waals surface area contributed by atoms with Crippen LogP contribution in [0.15, 0.2) is 108 Å². The number of amides is 2. The van der Waals surface area contributed by atoms with Crippen molar-refractivity contribution in [2.24, 2.45) is 0 Å². The molecule has 35 heavy (non-hydrogen) atoms. The van der Waals surface area contributed by atoms with Crippen molar-refractivity contribution in [1.82, 2.24) is 4.98 Å². The molecule has 6 nitrogen and oxygen atoms in total. The lowest BCUT2D eigenvalue weighted by Crippen LogP contribution is -2.19. The number of pyridine rings is 1. The number of aromatic nitrogens is 1. The van der Waals surface area contributed by atoms with E-state index in [-0.39, 0.29) is 11.6 Å². The Bertz CT molecular complexity index is 1630. The Balaban J connectivity index is 1.44. The van der Waals surface area contributed by atoms with Crippen LogP contribution in [0, 0.1) is 11.3 Å². The van der Waals surface area contributed by atoms with Gasteiger partial charge in [0, 0.05) is 22.6 Å². The molecule has 6 heteroatoms. The Morgan fingerprint density at radius 2 is 1.34 bits per heavy atom. The summed E-state index contributed by atoms with van der Waals surface area (Å²) in [6.07, 6.45) is 0. The summed E-state index contributed by atoms with van der Waals surface area (Å²) < 4.78 is 0. The van der Waals surface area contributed by atoms with E-state index in [0.717, 1.165) is 21.9 Å². The van der Waals surface area contributed by atoms with Crippen LogP contribution in [0.25, 0.3) is 33.2 Å². The zero-order valence-corrected chi connectivity index (χ0v) is 18.6. The third-order valence-corrected chi connectivity index (χ3v) is 5.69. The fourth-order valence-electron chi connectivity index (χ4n) is 3.96. The highest BCUT2D eigenvalue weighted by Crippen LogP contribution is 2.29. The van der Waals surface area contributed by atoms with E-state index in [2.05, 4.69) is 15.6 Å². The van der Waals surface area contributed by atoms with Gasteiger partial charge in [-0.2, -0.15) is 5.26 Å². The molecule has 4 aromatic carbocycles. The third-order valence-electron chi connectivity index (χ3n) is 5.69. The fourth-order valence-corrected chi connectivity index (χ4v) is 3.96. The molecule has 0 unspecified atom stereocenters. The fraction of sp³-hybridized carbons (Fsp3) is 0. The number of nitrogens with one attached hydrogen (secondary N) is 3. The average molecular weight is 457 g/mol. The van der Waals surface area contributed by atoms with E-state index < -0.39 is 5.56 Å². The summed E-state index contributed by atoms with van der Waals surface area (Å²) in [6.45, 7) is 0. The molecule has 3 N–H and O–H groups in total. The van der Waals surface area contributed by atoms with Gasteiger partial charge in [0.25, 0.3) is 5.56 Å². The number of nitriles is 1. The van der Waals surface area contributed by atoms with E-state index in [0.29, 0.717) is 22.6 Å². The second kappa shape index (κ2) is 9.38. The summed E-state index contributed by atoms with van der Waals surface area (Å²) in [4.78, 5) is 27.8. The molecule has 0 aliphatic rings. The average Bonchev–Trinajstić information content (AvgIpc) is 2.89. The van der Waals surface area contributed by atoms with Gasteiger partial charge in [0.1, 0.15) is 11.6 Å². The van der Waals surface area contributed by atoms with Gasteiger partial charge in [0.2, 0.25) is 0 Å². The van der Waals surface area contributed by atoms with Crippen molar-refractivity contribution in [2.75, 3.05) is 10.6 Å². The first-order valence-corrected chi connectivity index (χ1v) is 11.0. The SMILES string of the molecule is N#Cc1c(-c2ccc3ccccc3c2)cc(-c2ccc(NC(=O)Nc3ccccc3)cc2)[nH]c1=O. The lowest BCUT2D eigenvalue weighted by Gasteiger charge is -2.11. The highest BCUT2D eigenvalue weighted by atomic mass is 16.2. The summed E-state index contributed by atoms with van der Waals surface area (Å²) in [5, 5.41) is 17.3. The van der Waals surface area contributed by atoms with Crippen LogP contribution in [0.2, 0.25) is 0 Å². The number of carbonyl (C=O) groups excluding carboxylic acids is 1. The molecule has 0 atom stereocenters. The molecule has 0 aliphatic carbocycles. The smallest absolute Gasteiger partial charge is 0.321 e. The molecule has 0 saturated carbocycles. The van der Waals surface area contributed by atoms with Gasteiger partial charge < -0.3 is 15.6 Å². The summed E-state index contributed by atoms with van der Waals surface area (Å²) in [5.41, 5.74) is 3.62. The van der Waals surface area contributed by atoms with Crippen molar-refractivity contribution in [3.8, 4) is 28.5 Å². The molecule has 0 saturated heterocycles. The number of fused-ring (bicyclic) bond motifs is 1. The molecule has 0 radical (unpaired) electrons. The van der Waals surface area contributed by atoms with Gasteiger partial charge in [-0.15, -0.1) is 0 Å². The number of rotatable bonds is 4. The Hall–Kier alpha value is -5.15. The second-order valence-electron chi connectivity index (χ2n) is 8.00. The van der Waals surface area contributed by atoms with E-state index in [4.69, 9.17) is 0 Å². The molecule has 0 bridgehead atoms. The quantitative estimate of drug-likeness (QED) is 0.293. The predicted octanol–water partition coefficient (Wildman–Crippen LogP) is 6.38. The van der Waals surface area contributed by atoms with Crippen molar-refractivity contribution in [3.63, 3.8) is 0 Å². The molecule has 2 amide bonds. The van der Waals surface area contributed by atoms with Crippen LogP contribution >= 0.6 is 0 Å². The van der Waals surface area contributed by atoms with E-state index in [9.17, 15) is 14.9 Å². The lowest BCUT2D eigenvalue weighted by molar-refractivity contribution is 0.262. The largest absolute Gasteiger partial charge is 0.323 e. The molecular weight excluding hydrogens is 436 g/mol. The molecule has 168 valence electrons. The maximum atomic E-state index is 12.7. The minimum Gasteiger partial charge on any atom is -0.321 e. The number of carbonyl (C=O) groups is 1. The van der Waals surface area contributed by atoms with Crippen molar-refractivity contribution in [1.29, 1.82) is 5.26 Å². The molecule has 0 fully saturated rings. The van der Waals surface area contributed by atoms with Gasteiger partial charge in [0.05, 0.1) is 0 Å². The standard InChI is InChI=1S/C29H20N4O2/c30-18-26-25(22-11-10-19-6-4-5-7-21(19)16-22)17-27(33-28(26)34)20-12-14-24(15-13-20)32-29(35)31-23-8-2-1-3-9-23/h1-17H,(H,33,34)(H2,31,32,35). The lowest BCUT2D eigenvalue weighted by atomic mass is 9.97. The highest BCUT2D eigenvalue weighted by molar-refractivity contribution is 5.99. The normalized spacial score (nSPS) is 10.5. The molecule has 1 aromatic heterocycles. The third kappa shape index (κ3) is 4.65. The van der Waals surface area contributed by atoms with Gasteiger partial charge in [-0.3, -0.25) is 4.79 Å². The minimum atomic E-state index is -0.447. The number of aromatic amines is 1. The van der Waals surface area contributed by atoms with Crippen LogP contribution in [0.1, 0.15) is 5.56 Å². The number of nitrogens with zero attached hydrogens (tertiary/aromatic N) is 1. The maximum absolute atomic E-state index is 12.7. The maximum Gasteiger partial charge on any atom is 0.323 e. The Labute approximate surface area is 201 Å². The van der Waals surface area contributed by atoms with Crippen LogP contribution in [0.4, 0.5) is 16.2 Å². The minimum absolute atomic E-state index is 0.0694. The van der Waals surface area contributed by atoms with Gasteiger partial charge in [-0.05, 0) is 58.3 Å². The van der Waals surface area contributed by atoms with Crippen molar-refractivity contribution in [3.05, 3.63) is 119 Å². The first kappa shape index (κ1) is 21.7. The van der Waals surface area contributed by atoms with Crippen molar-refractivity contribution >= 4 is 28.2 Å². The van der Waals surface area contributed by atoms with Crippen LogP contribution in [0.5, 0.6) is 0 Å². The number of anilines is 2. The molecule has 5 rings (SSSR count). The van der Waals surface area contributed by atoms with E-state index in [1.54, 1.807) is 36.4 Å². The van der Waals surface area contributed by atoms with Crippen LogP contribution < -0.4 is 16.2 Å². The Kier molecular flexibility index (Phi) is 5.81. The van der Waals surface area contributed by atoms with E-state index in [1.165, 1.54) is 0 Å². The number of hydrogen-bond acceptors (Lipinski definition) is 3. The zero-order valence-electron chi connectivity index (χ0n) is 18.6. The second-order valence-corrected chi connectivity index (χ2v) is 8.00.